The largest absolute Gasteiger partial charge is 0.456 e. The Kier molecular flexibility index (Phi) is 16.7. The number of carbonyl (C=O) groups is 4. The lowest BCUT2D eigenvalue weighted by molar-refractivity contribution is 0.0487. The number of aromatic amines is 1. The molecule has 442 valence electrons. The van der Waals surface area contributed by atoms with Crippen molar-refractivity contribution in [1.82, 2.24) is 14.1 Å². The minimum atomic E-state index is -1.48. The molecule has 12 aromatic rings. The highest BCUT2D eigenvalue weighted by Crippen LogP contribution is 2.26. The summed E-state index contributed by atoms with van der Waals surface area (Å²) in [7, 11) is 1.89. The van der Waals surface area contributed by atoms with Gasteiger partial charge in [0.15, 0.2) is 39.4 Å². The third-order valence-corrected chi connectivity index (χ3v) is 15.0. The number of aromatic nitrogens is 3. The Morgan fingerprint density at radius 1 is 0.379 bits per heavy atom. The first-order valence-corrected chi connectivity index (χ1v) is 28.1. The SMILES string of the molecule is CC(C)(O)C(=O)c1ccc2[nH]c3ccccc3c(=O)c2c1.CC(C)(O)C(=O)c1ccc2oc3ccccc3c(=O)c2c1.CCn1c2ccccc2c(=O)c2cc(C(=O)C(C)(C)O)ccc21.Cn1c2ccccc2c(=O)c2cc(C(=O)C(C)(C)O)ccc21. The molecule has 87 heavy (non-hydrogen) atoms. The Labute approximate surface area is 497 Å². The van der Waals surface area contributed by atoms with Gasteiger partial charge in [-0.15, -0.1) is 0 Å². The molecule has 0 saturated heterocycles. The first-order chi connectivity index (χ1) is 40.9. The summed E-state index contributed by atoms with van der Waals surface area (Å²) >= 11 is 0. The molecule has 16 heteroatoms. The van der Waals surface area contributed by atoms with E-state index in [0.717, 1.165) is 34.1 Å². The summed E-state index contributed by atoms with van der Waals surface area (Å²) < 4.78 is 9.67. The van der Waals surface area contributed by atoms with Gasteiger partial charge in [0.1, 0.15) is 33.6 Å². The molecular weight excluding hydrogens is 1100 g/mol. The number of para-hydroxylation sites is 4. The van der Waals surface area contributed by atoms with E-state index in [1.165, 1.54) is 61.5 Å². The van der Waals surface area contributed by atoms with Crippen LogP contribution in [0, 0.1) is 0 Å². The van der Waals surface area contributed by atoms with Crippen molar-refractivity contribution in [2.75, 3.05) is 0 Å². The fourth-order valence-corrected chi connectivity index (χ4v) is 10.4. The van der Waals surface area contributed by atoms with Crippen LogP contribution in [0.1, 0.15) is 104 Å². The summed E-state index contributed by atoms with van der Waals surface area (Å²) in [4.78, 5) is 102. The number of H-pyrrole nitrogens is 1. The van der Waals surface area contributed by atoms with Gasteiger partial charge in [-0.2, -0.15) is 0 Å². The Morgan fingerprint density at radius 2 is 0.713 bits per heavy atom. The zero-order valence-electron chi connectivity index (χ0n) is 49.7. The van der Waals surface area contributed by atoms with Crippen LogP contribution in [0.2, 0.25) is 0 Å². The van der Waals surface area contributed by atoms with Crippen molar-refractivity contribution in [1.29, 1.82) is 0 Å². The molecule has 0 aliphatic heterocycles. The molecule has 0 fully saturated rings. The van der Waals surface area contributed by atoms with Crippen LogP contribution in [-0.4, -0.2) is 80.1 Å². The Bertz CT molecular complexity index is 4880. The molecule has 0 amide bonds. The second-order valence-corrected chi connectivity index (χ2v) is 23.4. The molecule has 0 aliphatic carbocycles. The van der Waals surface area contributed by atoms with Gasteiger partial charge in [0.2, 0.25) is 5.43 Å². The molecule has 0 saturated carbocycles. The smallest absolute Gasteiger partial charge is 0.200 e. The predicted octanol–water partition coefficient (Wildman–Crippen LogP) is 11.3. The van der Waals surface area contributed by atoms with Crippen molar-refractivity contribution >= 4 is 110 Å². The lowest BCUT2D eigenvalue weighted by Crippen LogP contribution is -2.31. The fraction of sp³-hybridized carbons (Fsp3) is 0.211. The van der Waals surface area contributed by atoms with E-state index in [1.54, 1.807) is 115 Å². The molecule has 12 rings (SSSR count). The maximum absolute atomic E-state index is 12.8. The molecule has 0 spiro atoms. The van der Waals surface area contributed by atoms with Crippen molar-refractivity contribution in [3.8, 4) is 0 Å². The summed E-state index contributed by atoms with van der Waals surface area (Å²) in [6, 6.07) is 48.6. The van der Waals surface area contributed by atoms with E-state index in [9.17, 15) is 58.8 Å². The number of nitrogens with zero attached hydrogens (tertiary/aromatic N) is 2. The van der Waals surface area contributed by atoms with E-state index in [4.69, 9.17) is 4.42 Å². The number of carbonyl (C=O) groups excluding carboxylic acids is 4. The predicted molar refractivity (Wildman–Crippen MR) is 343 cm³/mol. The van der Waals surface area contributed by atoms with Gasteiger partial charge in [-0.05, 0) is 184 Å². The van der Waals surface area contributed by atoms with Gasteiger partial charge in [-0.3, -0.25) is 38.4 Å². The number of Topliss-reactive ketones (excluding diaryl/α,β-unsaturated/α-hetero) is 4. The van der Waals surface area contributed by atoms with Crippen molar-refractivity contribution < 1.29 is 44.0 Å². The Balaban J connectivity index is 0.000000138. The lowest BCUT2D eigenvalue weighted by Gasteiger charge is -2.17. The number of hydrogen-bond acceptors (Lipinski definition) is 13. The lowest BCUT2D eigenvalue weighted by atomic mass is 9.95. The van der Waals surface area contributed by atoms with E-state index < -0.39 is 45.5 Å². The molecule has 0 unspecified atom stereocenters. The minimum Gasteiger partial charge on any atom is -0.456 e. The van der Waals surface area contributed by atoms with E-state index in [1.807, 2.05) is 67.1 Å². The number of benzene rings is 8. The third-order valence-electron chi connectivity index (χ3n) is 15.0. The number of rotatable bonds is 9. The van der Waals surface area contributed by atoms with Crippen LogP contribution in [0.25, 0.3) is 87.4 Å². The van der Waals surface area contributed by atoms with Crippen molar-refractivity contribution in [2.24, 2.45) is 7.05 Å². The quantitative estimate of drug-likeness (QED) is 0.0666. The van der Waals surface area contributed by atoms with Crippen LogP contribution >= 0.6 is 0 Å². The molecular formula is C71H65N3O13. The van der Waals surface area contributed by atoms with Gasteiger partial charge < -0.3 is 39.0 Å². The van der Waals surface area contributed by atoms with Crippen LogP contribution in [0.5, 0.6) is 0 Å². The Morgan fingerprint density at radius 3 is 1.24 bits per heavy atom. The topological polar surface area (TPSA) is 256 Å². The van der Waals surface area contributed by atoms with Crippen molar-refractivity contribution in [3.05, 3.63) is 233 Å². The van der Waals surface area contributed by atoms with Crippen LogP contribution in [-0.2, 0) is 13.6 Å². The highest BCUT2D eigenvalue weighted by molar-refractivity contribution is 6.08. The first kappa shape index (κ1) is 61.7. The number of fused-ring (bicyclic) bond motifs is 8. The van der Waals surface area contributed by atoms with Gasteiger partial charge in [0.05, 0.1) is 32.8 Å². The van der Waals surface area contributed by atoms with Gasteiger partial charge in [-0.1, -0.05) is 48.5 Å². The fourth-order valence-electron chi connectivity index (χ4n) is 10.4. The molecule has 4 aromatic heterocycles. The molecule has 0 bridgehead atoms. The second kappa shape index (κ2) is 23.6. The van der Waals surface area contributed by atoms with Crippen LogP contribution in [0.15, 0.2) is 193 Å². The number of hydrogen-bond donors (Lipinski definition) is 5. The van der Waals surface area contributed by atoms with Crippen molar-refractivity contribution in [3.63, 3.8) is 0 Å². The molecule has 8 aromatic carbocycles. The maximum Gasteiger partial charge on any atom is 0.200 e. The summed E-state index contributed by atoms with van der Waals surface area (Å²) in [5.41, 5.74) is 0.592. The molecule has 0 aliphatic rings. The molecule has 4 heterocycles. The molecule has 0 radical (unpaired) electrons. The van der Waals surface area contributed by atoms with E-state index in [-0.39, 0.29) is 27.3 Å². The van der Waals surface area contributed by atoms with Crippen LogP contribution < -0.4 is 21.7 Å². The summed E-state index contributed by atoms with van der Waals surface area (Å²) in [6.45, 7) is 14.2. The number of ketones is 4. The maximum atomic E-state index is 12.8. The number of nitrogens with one attached hydrogen (secondary N) is 1. The van der Waals surface area contributed by atoms with Crippen LogP contribution in [0.3, 0.4) is 0 Å². The number of aryl methyl sites for hydroxylation is 2. The highest BCUT2D eigenvalue weighted by atomic mass is 16.3. The zero-order valence-corrected chi connectivity index (χ0v) is 49.7. The molecule has 5 N–H and O–H groups in total. The normalized spacial score (nSPS) is 12.0. The van der Waals surface area contributed by atoms with Crippen LogP contribution in [0.4, 0.5) is 0 Å². The third kappa shape index (κ3) is 12.4. The zero-order chi connectivity index (χ0) is 63.2. The number of pyridine rings is 3. The van der Waals surface area contributed by atoms with Gasteiger partial charge in [0, 0.05) is 79.2 Å². The monoisotopic (exact) mass is 1170 g/mol. The van der Waals surface area contributed by atoms with E-state index >= 15 is 0 Å². The highest BCUT2D eigenvalue weighted by Gasteiger charge is 2.29. The summed E-state index contributed by atoms with van der Waals surface area (Å²) in [5.74, 6) is -1.63. The van der Waals surface area contributed by atoms with Gasteiger partial charge in [0.25, 0.3) is 0 Å². The first-order valence-electron chi connectivity index (χ1n) is 28.1. The second-order valence-electron chi connectivity index (χ2n) is 23.4. The van der Waals surface area contributed by atoms with Gasteiger partial charge in [-0.25, -0.2) is 0 Å². The number of aliphatic hydroxyl groups is 4. The van der Waals surface area contributed by atoms with E-state index in [2.05, 4.69) is 9.55 Å². The summed E-state index contributed by atoms with van der Waals surface area (Å²) in [6.07, 6.45) is 0. The minimum absolute atomic E-state index is 0.0919. The molecule has 0 atom stereocenters. The molecule has 16 nitrogen and oxygen atoms in total. The van der Waals surface area contributed by atoms with Gasteiger partial charge >= 0.3 is 0 Å². The average Bonchev–Trinajstić information content (AvgIpc) is 0.850. The van der Waals surface area contributed by atoms with E-state index in [0.29, 0.717) is 76.5 Å². The summed E-state index contributed by atoms with van der Waals surface area (Å²) in [5, 5.41) is 43.5. The van der Waals surface area contributed by atoms with Crippen molar-refractivity contribution in [2.45, 2.75) is 91.3 Å². The standard InChI is InChI=1S/C19H19NO3.C18H17NO3.C17H15NO3.C17H14O4/c1-4-20-15-8-6-5-7-13(15)17(21)14-11-12(9-10-16(14)20)18(22)19(2,3)23;1-18(2,22)17(21)11-8-9-15-13(10-11)16(20)12-6-4-5-7-14(12)19(15)3;1-17(2,21)16(20)10-7-8-14-12(9-10)15(19)11-5-3-4-6-13(11)18-14;1-17(2,20)16(19)10-7-8-14-12(9-10)15(18)11-5-3-4-6-13(11)21-14/h5-11,23H,4H2,1-3H3;4-10,22H,1-3H3;3-9,21H,1-2H3,(H,18,19);3-9,20H,1-2H3. The average molecular weight is 1170 g/mol. The Hall–Kier alpha value is -9.84.